The summed E-state index contributed by atoms with van der Waals surface area (Å²) in [4.78, 5) is 11.1. The minimum Gasteiger partial charge on any atom is -0.459 e. The summed E-state index contributed by atoms with van der Waals surface area (Å²) in [6.07, 6.45) is 1.84. The summed E-state index contributed by atoms with van der Waals surface area (Å²) in [6.45, 7) is 5.64. The van der Waals surface area contributed by atoms with Crippen LogP contribution in [0.4, 0.5) is 0 Å². The molecule has 0 aromatic heterocycles. The van der Waals surface area contributed by atoms with Gasteiger partial charge in [-0.3, -0.25) is 4.79 Å². The SMILES string of the molecule is CCCC(C)C(=O)OCC(C)=N. The average Bonchev–Trinajstić information content (AvgIpc) is 2.00. The minimum absolute atomic E-state index is 0.0330. The van der Waals surface area contributed by atoms with Crippen LogP contribution < -0.4 is 0 Å². The van der Waals surface area contributed by atoms with Gasteiger partial charge >= 0.3 is 5.97 Å². The predicted molar refractivity (Wildman–Crippen MR) is 48.4 cm³/mol. The molecule has 0 radical (unpaired) electrons. The smallest absolute Gasteiger partial charge is 0.309 e. The van der Waals surface area contributed by atoms with Gasteiger partial charge < -0.3 is 10.1 Å². The van der Waals surface area contributed by atoms with Gasteiger partial charge in [0.2, 0.25) is 0 Å². The minimum atomic E-state index is -0.191. The van der Waals surface area contributed by atoms with E-state index in [1.54, 1.807) is 6.92 Å². The molecular formula is C9H17NO2. The van der Waals surface area contributed by atoms with Gasteiger partial charge in [0.15, 0.2) is 0 Å². The zero-order valence-corrected chi connectivity index (χ0v) is 8.02. The number of carbonyl (C=O) groups excluding carboxylic acids is 1. The second kappa shape index (κ2) is 5.75. The van der Waals surface area contributed by atoms with E-state index in [0.717, 1.165) is 12.8 Å². The highest BCUT2D eigenvalue weighted by Crippen LogP contribution is 2.06. The maximum absolute atomic E-state index is 11.1. The van der Waals surface area contributed by atoms with Crippen molar-refractivity contribution in [3.8, 4) is 0 Å². The van der Waals surface area contributed by atoms with E-state index in [1.165, 1.54) is 0 Å². The molecule has 1 N–H and O–H groups in total. The number of hydrogen-bond acceptors (Lipinski definition) is 3. The van der Waals surface area contributed by atoms with Crippen LogP contribution >= 0.6 is 0 Å². The zero-order valence-electron chi connectivity index (χ0n) is 8.02. The molecule has 0 rings (SSSR count). The Balaban J connectivity index is 3.64. The molecule has 0 spiro atoms. The Kier molecular flexibility index (Phi) is 5.34. The largest absolute Gasteiger partial charge is 0.459 e. The normalized spacial score (nSPS) is 12.2. The molecule has 0 aromatic rings. The highest BCUT2D eigenvalue weighted by molar-refractivity contribution is 5.82. The van der Waals surface area contributed by atoms with Crippen LogP contribution in [0.15, 0.2) is 0 Å². The lowest BCUT2D eigenvalue weighted by Crippen LogP contribution is -2.17. The summed E-state index contributed by atoms with van der Waals surface area (Å²) in [7, 11) is 0. The molecule has 1 unspecified atom stereocenters. The molecule has 0 aliphatic heterocycles. The van der Waals surface area contributed by atoms with Crippen molar-refractivity contribution in [2.45, 2.75) is 33.6 Å². The Morgan fingerprint density at radius 2 is 2.17 bits per heavy atom. The molecule has 3 heteroatoms. The van der Waals surface area contributed by atoms with E-state index in [9.17, 15) is 4.79 Å². The molecule has 1 atom stereocenters. The van der Waals surface area contributed by atoms with Crippen molar-refractivity contribution in [2.75, 3.05) is 6.61 Å². The molecule has 0 saturated carbocycles. The third-order valence-electron chi connectivity index (χ3n) is 1.55. The number of hydrogen-bond donors (Lipinski definition) is 1. The molecule has 0 saturated heterocycles. The van der Waals surface area contributed by atoms with E-state index < -0.39 is 0 Å². The second-order valence-electron chi connectivity index (χ2n) is 3.08. The van der Waals surface area contributed by atoms with Crippen molar-refractivity contribution in [3.05, 3.63) is 0 Å². The highest BCUT2D eigenvalue weighted by atomic mass is 16.5. The lowest BCUT2D eigenvalue weighted by molar-refractivity contribution is -0.146. The first-order valence-electron chi connectivity index (χ1n) is 4.28. The first kappa shape index (κ1) is 11.1. The van der Waals surface area contributed by atoms with Crippen molar-refractivity contribution in [3.63, 3.8) is 0 Å². The Labute approximate surface area is 73.6 Å². The van der Waals surface area contributed by atoms with Gasteiger partial charge in [0.05, 0.1) is 5.92 Å². The quantitative estimate of drug-likeness (QED) is 0.508. The molecule has 3 nitrogen and oxygen atoms in total. The summed E-state index contributed by atoms with van der Waals surface area (Å²) >= 11 is 0. The highest BCUT2D eigenvalue weighted by Gasteiger charge is 2.12. The van der Waals surface area contributed by atoms with Gasteiger partial charge in [0.25, 0.3) is 0 Å². The average molecular weight is 171 g/mol. The van der Waals surface area contributed by atoms with Crippen molar-refractivity contribution < 1.29 is 9.53 Å². The lowest BCUT2D eigenvalue weighted by Gasteiger charge is -2.09. The van der Waals surface area contributed by atoms with Gasteiger partial charge in [0.1, 0.15) is 6.61 Å². The fourth-order valence-electron chi connectivity index (χ4n) is 0.873. The topological polar surface area (TPSA) is 50.2 Å². The van der Waals surface area contributed by atoms with Crippen LogP contribution in [0, 0.1) is 11.3 Å². The molecule has 0 heterocycles. The number of nitrogens with one attached hydrogen (secondary N) is 1. The molecule has 0 aliphatic carbocycles. The maximum atomic E-state index is 11.1. The molecule has 0 bridgehead atoms. The van der Waals surface area contributed by atoms with Gasteiger partial charge in [-0.2, -0.15) is 0 Å². The molecule has 0 aliphatic rings. The molecule has 70 valence electrons. The molecule has 0 amide bonds. The Hall–Kier alpha value is -0.860. The van der Waals surface area contributed by atoms with Crippen LogP contribution in [0.3, 0.4) is 0 Å². The summed E-state index contributed by atoms with van der Waals surface area (Å²) < 4.78 is 4.85. The van der Waals surface area contributed by atoms with Crippen molar-refractivity contribution in [1.82, 2.24) is 0 Å². The third-order valence-corrected chi connectivity index (χ3v) is 1.55. The Bertz CT molecular complexity index is 166. The van der Waals surface area contributed by atoms with Gasteiger partial charge in [-0.25, -0.2) is 0 Å². The fourth-order valence-corrected chi connectivity index (χ4v) is 0.873. The zero-order chi connectivity index (χ0) is 9.56. The van der Waals surface area contributed by atoms with E-state index in [-0.39, 0.29) is 18.5 Å². The van der Waals surface area contributed by atoms with E-state index in [4.69, 9.17) is 10.1 Å². The molecular weight excluding hydrogens is 154 g/mol. The van der Waals surface area contributed by atoms with E-state index in [2.05, 4.69) is 0 Å². The van der Waals surface area contributed by atoms with E-state index in [0.29, 0.717) is 5.71 Å². The third kappa shape index (κ3) is 4.88. The summed E-state index contributed by atoms with van der Waals surface area (Å²) in [5.41, 5.74) is 0.382. The van der Waals surface area contributed by atoms with Crippen LogP contribution in [-0.2, 0) is 9.53 Å². The summed E-state index contributed by atoms with van der Waals surface area (Å²) in [5, 5.41) is 7.05. The first-order chi connectivity index (χ1) is 5.57. The van der Waals surface area contributed by atoms with Gasteiger partial charge in [-0.1, -0.05) is 20.3 Å². The summed E-state index contributed by atoms with van der Waals surface area (Å²) in [5.74, 6) is -0.224. The van der Waals surface area contributed by atoms with Crippen molar-refractivity contribution >= 4 is 11.7 Å². The van der Waals surface area contributed by atoms with Crippen LogP contribution in [-0.4, -0.2) is 18.3 Å². The number of esters is 1. The van der Waals surface area contributed by atoms with Crippen LogP contribution in [0.25, 0.3) is 0 Å². The van der Waals surface area contributed by atoms with Crippen molar-refractivity contribution in [1.29, 1.82) is 5.41 Å². The summed E-state index contributed by atoms with van der Waals surface area (Å²) in [6, 6.07) is 0. The van der Waals surface area contributed by atoms with Crippen LogP contribution in [0.5, 0.6) is 0 Å². The predicted octanol–water partition coefficient (Wildman–Crippen LogP) is 2.01. The number of rotatable bonds is 5. The fraction of sp³-hybridized carbons (Fsp3) is 0.778. The van der Waals surface area contributed by atoms with Crippen molar-refractivity contribution in [2.24, 2.45) is 5.92 Å². The number of carbonyl (C=O) groups is 1. The van der Waals surface area contributed by atoms with E-state index in [1.807, 2.05) is 13.8 Å². The van der Waals surface area contributed by atoms with Crippen LogP contribution in [0.1, 0.15) is 33.6 Å². The second-order valence-corrected chi connectivity index (χ2v) is 3.08. The Morgan fingerprint density at radius 3 is 2.58 bits per heavy atom. The molecule has 0 aromatic carbocycles. The number of ether oxygens (including phenoxy) is 1. The molecule has 12 heavy (non-hydrogen) atoms. The van der Waals surface area contributed by atoms with Gasteiger partial charge in [0, 0.05) is 5.71 Å². The standard InChI is InChI=1S/C9H17NO2/c1-4-5-7(2)9(11)12-6-8(3)10/h7,10H,4-6H2,1-3H3. The van der Waals surface area contributed by atoms with Gasteiger partial charge in [-0.05, 0) is 13.3 Å². The lowest BCUT2D eigenvalue weighted by atomic mass is 10.1. The Morgan fingerprint density at radius 1 is 1.58 bits per heavy atom. The first-order valence-corrected chi connectivity index (χ1v) is 4.28. The van der Waals surface area contributed by atoms with Gasteiger partial charge in [-0.15, -0.1) is 0 Å². The molecule has 0 fully saturated rings. The van der Waals surface area contributed by atoms with E-state index >= 15 is 0 Å². The maximum Gasteiger partial charge on any atom is 0.309 e. The van der Waals surface area contributed by atoms with Crippen LogP contribution in [0.2, 0.25) is 0 Å². The monoisotopic (exact) mass is 171 g/mol.